The Morgan fingerprint density at radius 2 is 1.85 bits per heavy atom. The van der Waals surface area contributed by atoms with Gasteiger partial charge in [0.15, 0.2) is 5.78 Å². The molecule has 0 heterocycles. The van der Waals surface area contributed by atoms with Crippen LogP contribution < -0.4 is 0 Å². The summed E-state index contributed by atoms with van der Waals surface area (Å²) in [6.45, 7) is 1.79. The second-order valence-corrected chi connectivity index (χ2v) is 4.38. The summed E-state index contributed by atoms with van der Waals surface area (Å²) in [6, 6.07) is 13.7. The van der Waals surface area contributed by atoms with E-state index >= 15 is 0 Å². The highest BCUT2D eigenvalue weighted by atomic mass is 16.6. The number of nitro benzene ring substituents is 1. The lowest BCUT2D eigenvalue weighted by molar-refractivity contribution is -0.385. The van der Waals surface area contributed by atoms with Crippen LogP contribution in [0.3, 0.4) is 0 Å². The molecule has 0 aliphatic carbocycles. The fraction of sp³-hybridized carbons (Fsp3) is 0.0625. The van der Waals surface area contributed by atoms with Crippen molar-refractivity contribution in [3.63, 3.8) is 0 Å². The van der Waals surface area contributed by atoms with Crippen LogP contribution in [0.2, 0.25) is 0 Å². The molecule has 0 fully saturated rings. The molecule has 0 saturated heterocycles. The monoisotopic (exact) mass is 267 g/mol. The fourth-order valence-electron chi connectivity index (χ4n) is 1.82. The number of carbonyl (C=O) groups excluding carboxylic acids is 1. The molecule has 100 valence electrons. The van der Waals surface area contributed by atoms with Crippen LogP contribution in [0.4, 0.5) is 5.69 Å². The van der Waals surface area contributed by atoms with Gasteiger partial charge in [-0.15, -0.1) is 0 Å². The molecule has 2 aromatic carbocycles. The minimum absolute atomic E-state index is 0.00196. The van der Waals surface area contributed by atoms with Crippen LogP contribution in [0.1, 0.15) is 21.5 Å². The minimum atomic E-state index is -0.445. The average molecular weight is 267 g/mol. The number of ketones is 1. The summed E-state index contributed by atoms with van der Waals surface area (Å²) in [5.41, 5.74) is 1.79. The maximum absolute atomic E-state index is 11.9. The van der Waals surface area contributed by atoms with E-state index in [-0.39, 0.29) is 11.5 Å². The van der Waals surface area contributed by atoms with E-state index in [2.05, 4.69) is 0 Å². The number of hydrogen-bond acceptors (Lipinski definition) is 3. The SMILES string of the molecule is Cc1ccc(C=CC(=O)c2ccccc2)c([N+](=O)[O-])c1. The van der Waals surface area contributed by atoms with E-state index in [1.807, 2.05) is 6.07 Å². The number of nitro groups is 1. The van der Waals surface area contributed by atoms with E-state index in [9.17, 15) is 14.9 Å². The number of hydrogen-bond donors (Lipinski definition) is 0. The van der Waals surface area contributed by atoms with Gasteiger partial charge in [-0.3, -0.25) is 14.9 Å². The first-order valence-electron chi connectivity index (χ1n) is 6.10. The van der Waals surface area contributed by atoms with Crippen LogP contribution in [0.15, 0.2) is 54.6 Å². The Morgan fingerprint density at radius 1 is 1.15 bits per heavy atom. The summed E-state index contributed by atoms with van der Waals surface area (Å²) in [5, 5.41) is 11.0. The van der Waals surface area contributed by atoms with Gasteiger partial charge in [-0.05, 0) is 30.7 Å². The van der Waals surface area contributed by atoms with Crippen molar-refractivity contribution in [2.45, 2.75) is 6.92 Å². The van der Waals surface area contributed by atoms with Crippen LogP contribution in [0, 0.1) is 17.0 Å². The Kier molecular flexibility index (Phi) is 4.05. The minimum Gasteiger partial charge on any atom is -0.289 e. The highest BCUT2D eigenvalue weighted by Crippen LogP contribution is 2.21. The Hall–Kier alpha value is -2.75. The Labute approximate surface area is 116 Å². The zero-order valence-corrected chi connectivity index (χ0v) is 10.9. The van der Waals surface area contributed by atoms with Gasteiger partial charge in [0.2, 0.25) is 0 Å². The second-order valence-electron chi connectivity index (χ2n) is 4.38. The lowest BCUT2D eigenvalue weighted by atomic mass is 10.1. The van der Waals surface area contributed by atoms with Crippen molar-refractivity contribution >= 4 is 17.5 Å². The maximum Gasteiger partial charge on any atom is 0.276 e. The van der Waals surface area contributed by atoms with Crippen molar-refractivity contribution in [3.05, 3.63) is 81.4 Å². The van der Waals surface area contributed by atoms with Gasteiger partial charge in [-0.25, -0.2) is 0 Å². The van der Waals surface area contributed by atoms with Crippen LogP contribution in [-0.4, -0.2) is 10.7 Å². The molecule has 0 N–H and O–H groups in total. The Morgan fingerprint density at radius 3 is 2.50 bits per heavy atom. The molecule has 2 rings (SSSR count). The molecule has 0 unspecified atom stereocenters. The van der Waals surface area contributed by atoms with Crippen molar-refractivity contribution in [1.29, 1.82) is 0 Å². The molecule has 0 atom stereocenters. The van der Waals surface area contributed by atoms with Gasteiger partial charge in [-0.2, -0.15) is 0 Å². The number of benzene rings is 2. The van der Waals surface area contributed by atoms with Gasteiger partial charge in [0.1, 0.15) is 0 Å². The zero-order chi connectivity index (χ0) is 14.5. The van der Waals surface area contributed by atoms with Crippen molar-refractivity contribution in [1.82, 2.24) is 0 Å². The maximum atomic E-state index is 11.9. The number of rotatable bonds is 4. The van der Waals surface area contributed by atoms with E-state index in [1.54, 1.807) is 43.3 Å². The predicted octanol–water partition coefficient (Wildman–Crippen LogP) is 3.80. The van der Waals surface area contributed by atoms with Crippen LogP contribution in [-0.2, 0) is 0 Å². The first-order valence-corrected chi connectivity index (χ1v) is 6.10. The van der Waals surface area contributed by atoms with Gasteiger partial charge in [0, 0.05) is 11.6 Å². The van der Waals surface area contributed by atoms with Gasteiger partial charge in [-0.1, -0.05) is 36.4 Å². The standard InChI is InChI=1S/C16H13NO3/c1-12-7-8-13(15(11-12)17(19)20)9-10-16(18)14-5-3-2-4-6-14/h2-11H,1H3. The molecule has 20 heavy (non-hydrogen) atoms. The van der Waals surface area contributed by atoms with E-state index in [0.717, 1.165) is 5.56 Å². The van der Waals surface area contributed by atoms with Crippen LogP contribution in [0.25, 0.3) is 6.08 Å². The quantitative estimate of drug-likeness (QED) is 0.366. The number of carbonyl (C=O) groups is 1. The van der Waals surface area contributed by atoms with Crippen molar-refractivity contribution < 1.29 is 9.72 Å². The smallest absolute Gasteiger partial charge is 0.276 e. The summed E-state index contributed by atoms with van der Waals surface area (Å²) < 4.78 is 0. The molecule has 0 aliphatic heterocycles. The van der Waals surface area contributed by atoms with Crippen LogP contribution in [0.5, 0.6) is 0 Å². The Balaban J connectivity index is 2.28. The first kappa shape index (κ1) is 13.7. The molecule has 0 bridgehead atoms. The number of nitrogens with zero attached hydrogens (tertiary/aromatic N) is 1. The van der Waals surface area contributed by atoms with Gasteiger partial charge < -0.3 is 0 Å². The number of aryl methyl sites for hydroxylation is 1. The third-order valence-corrected chi connectivity index (χ3v) is 2.86. The molecule has 0 radical (unpaired) electrons. The average Bonchev–Trinajstić information content (AvgIpc) is 2.46. The molecular formula is C16H13NO3. The lowest BCUT2D eigenvalue weighted by Gasteiger charge is -1.99. The van der Waals surface area contributed by atoms with E-state index < -0.39 is 4.92 Å². The molecule has 0 amide bonds. The normalized spacial score (nSPS) is 10.7. The highest BCUT2D eigenvalue weighted by Gasteiger charge is 2.11. The zero-order valence-electron chi connectivity index (χ0n) is 10.9. The highest BCUT2D eigenvalue weighted by molar-refractivity contribution is 6.06. The molecular weight excluding hydrogens is 254 g/mol. The van der Waals surface area contributed by atoms with Gasteiger partial charge in [0.05, 0.1) is 10.5 Å². The van der Waals surface area contributed by atoms with Crippen LogP contribution >= 0.6 is 0 Å². The summed E-state index contributed by atoms with van der Waals surface area (Å²) in [6.07, 6.45) is 2.83. The van der Waals surface area contributed by atoms with Gasteiger partial charge >= 0.3 is 0 Å². The molecule has 4 nitrogen and oxygen atoms in total. The van der Waals surface area contributed by atoms with Crippen molar-refractivity contribution in [2.75, 3.05) is 0 Å². The topological polar surface area (TPSA) is 60.2 Å². The summed E-state index contributed by atoms with van der Waals surface area (Å²) in [4.78, 5) is 22.4. The summed E-state index contributed by atoms with van der Waals surface area (Å²) in [5.74, 6) is -0.180. The number of allylic oxidation sites excluding steroid dienone is 1. The third-order valence-electron chi connectivity index (χ3n) is 2.86. The van der Waals surface area contributed by atoms with Gasteiger partial charge in [0.25, 0.3) is 5.69 Å². The molecule has 0 saturated carbocycles. The largest absolute Gasteiger partial charge is 0.289 e. The fourth-order valence-corrected chi connectivity index (χ4v) is 1.82. The predicted molar refractivity (Wildman–Crippen MR) is 77.6 cm³/mol. The summed E-state index contributed by atoms with van der Waals surface area (Å²) >= 11 is 0. The first-order chi connectivity index (χ1) is 9.58. The molecule has 0 aromatic heterocycles. The van der Waals surface area contributed by atoms with E-state index in [1.165, 1.54) is 18.2 Å². The summed E-state index contributed by atoms with van der Waals surface area (Å²) in [7, 11) is 0. The molecule has 4 heteroatoms. The third kappa shape index (κ3) is 3.17. The van der Waals surface area contributed by atoms with Crippen molar-refractivity contribution in [3.8, 4) is 0 Å². The molecule has 0 spiro atoms. The van der Waals surface area contributed by atoms with E-state index in [4.69, 9.17) is 0 Å². The molecule has 2 aromatic rings. The second kappa shape index (κ2) is 5.93. The lowest BCUT2D eigenvalue weighted by Crippen LogP contribution is -1.95. The van der Waals surface area contributed by atoms with E-state index in [0.29, 0.717) is 11.1 Å². The Bertz CT molecular complexity index is 675. The molecule has 0 aliphatic rings. The van der Waals surface area contributed by atoms with Crippen molar-refractivity contribution in [2.24, 2.45) is 0 Å².